The summed E-state index contributed by atoms with van der Waals surface area (Å²) in [4.78, 5) is 9.35. The van der Waals surface area contributed by atoms with Crippen LogP contribution >= 0.6 is 0 Å². The minimum atomic E-state index is -0.463. The van der Waals surface area contributed by atoms with Gasteiger partial charge in [-0.05, 0) is 12.2 Å². The SMILES string of the molecule is O=[N+]([O-])C=C1C=CC=C1.[F-]. The quantitative estimate of drug-likeness (QED) is 0.323. The molecule has 1 rings (SSSR count). The van der Waals surface area contributed by atoms with Gasteiger partial charge in [0, 0.05) is 5.57 Å². The molecule has 10 heavy (non-hydrogen) atoms. The minimum absolute atomic E-state index is 0. The molecule has 0 bridgehead atoms. The third-order valence-electron chi connectivity index (χ3n) is 0.943. The van der Waals surface area contributed by atoms with Crippen molar-refractivity contribution in [3.8, 4) is 0 Å². The van der Waals surface area contributed by atoms with E-state index in [2.05, 4.69) is 0 Å². The van der Waals surface area contributed by atoms with Crippen molar-refractivity contribution in [3.05, 3.63) is 46.2 Å². The predicted octanol–water partition coefficient (Wildman–Crippen LogP) is -1.72. The van der Waals surface area contributed by atoms with E-state index in [-0.39, 0.29) is 4.70 Å². The molecule has 0 N–H and O–H groups in total. The first-order chi connectivity index (χ1) is 4.29. The van der Waals surface area contributed by atoms with Gasteiger partial charge in [-0.3, -0.25) is 10.1 Å². The molecule has 4 heteroatoms. The summed E-state index contributed by atoms with van der Waals surface area (Å²) in [6.45, 7) is 0. The molecule has 0 amide bonds. The van der Waals surface area contributed by atoms with Gasteiger partial charge in [0.25, 0.3) is 0 Å². The van der Waals surface area contributed by atoms with Crippen LogP contribution < -0.4 is 4.70 Å². The van der Waals surface area contributed by atoms with E-state index in [1.807, 2.05) is 0 Å². The highest BCUT2D eigenvalue weighted by molar-refractivity contribution is 5.38. The fraction of sp³-hybridized carbons (Fsp3) is 0. The summed E-state index contributed by atoms with van der Waals surface area (Å²) < 4.78 is 0. The van der Waals surface area contributed by atoms with E-state index < -0.39 is 4.92 Å². The second-order valence-electron chi connectivity index (χ2n) is 1.63. The monoisotopic (exact) mass is 142 g/mol. The summed E-state index contributed by atoms with van der Waals surface area (Å²) in [5, 5.41) is 9.82. The first-order valence-corrected chi connectivity index (χ1v) is 2.49. The third kappa shape index (κ3) is 2.21. The van der Waals surface area contributed by atoms with Crippen LogP contribution in [0, 0.1) is 10.1 Å². The Morgan fingerprint density at radius 2 is 1.90 bits per heavy atom. The van der Waals surface area contributed by atoms with E-state index in [9.17, 15) is 10.1 Å². The molecule has 1 aliphatic rings. The lowest BCUT2D eigenvalue weighted by molar-refractivity contribution is -0.403. The fourth-order valence-electron chi connectivity index (χ4n) is 0.597. The molecular formula is C6H5FNO2-. The molecule has 54 valence electrons. The maximum Gasteiger partial charge on any atom is 0.241 e. The first-order valence-electron chi connectivity index (χ1n) is 2.49. The molecule has 0 aromatic carbocycles. The van der Waals surface area contributed by atoms with Crippen LogP contribution in [0.3, 0.4) is 0 Å². The maximum atomic E-state index is 9.82. The van der Waals surface area contributed by atoms with Gasteiger partial charge in [0.15, 0.2) is 0 Å². The lowest BCUT2D eigenvalue weighted by Gasteiger charge is -1.79. The van der Waals surface area contributed by atoms with Crippen molar-refractivity contribution in [2.45, 2.75) is 0 Å². The number of halogens is 1. The van der Waals surface area contributed by atoms with Gasteiger partial charge < -0.3 is 4.70 Å². The van der Waals surface area contributed by atoms with E-state index in [1.54, 1.807) is 24.3 Å². The second-order valence-corrected chi connectivity index (χ2v) is 1.63. The van der Waals surface area contributed by atoms with Gasteiger partial charge in [-0.1, -0.05) is 12.2 Å². The van der Waals surface area contributed by atoms with Crippen LogP contribution in [-0.4, -0.2) is 4.92 Å². The summed E-state index contributed by atoms with van der Waals surface area (Å²) in [6, 6.07) is 0. The van der Waals surface area contributed by atoms with E-state index >= 15 is 0 Å². The standard InChI is InChI=1S/C6H5NO2.FH/c8-7(9)5-6-3-1-2-4-6;/h1-5H;1H/p-1. The van der Waals surface area contributed by atoms with Gasteiger partial charge in [-0.15, -0.1) is 0 Å². The van der Waals surface area contributed by atoms with Crippen LogP contribution in [0.4, 0.5) is 0 Å². The highest BCUT2D eigenvalue weighted by Crippen LogP contribution is 2.05. The predicted molar refractivity (Wildman–Crippen MR) is 33.4 cm³/mol. The summed E-state index contributed by atoms with van der Waals surface area (Å²) >= 11 is 0. The van der Waals surface area contributed by atoms with Crippen molar-refractivity contribution in [3.63, 3.8) is 0 Å². The molecular weight excluding hydrogens is 137 g/mol. The van der Waals surface area contributed by atoms with E-state index in [1.165, 1.54) is 0 Å². The fourth-order valence-corrected chi connectivity index (χ4v) is 0.597. The zero-order valence-corrected chi connectivity index (χ0v) is 5.03. The molecule has 0 unspecified atom stereocenters. The topological polar surface area (TPSA) is 43.1 Å². The van der Waals surface area contributed by atoms with Gasteiger partial charge >= 0.3 is 0 Å². The molecule has 3 nitrogen and oxygen atoms in total. The average Bonchev–Trinajstić information content (AvgIpc) is 2.15. The zero-order valence-electron chi connectivity index (χ0n) is 5.03. The molecule has 0 atom stereocenters. The molecule has 0 aromatic heterocycles. The van der Waals surface area contributed by atoms with Crippen molar-refractivity contribution in [1.82, 2.24) is 0 Å². The number of allylic oxidation sites excluding steroid dienone is 5. The molecule has 0 saturated heterocycles. The summed E-state index contributed by atoms with van der Waals surface area (Å²) in [6.07, 6.45) is 7.86. The zero-order chi connectivity index (χ0) is 6.69. The van der Waals surface area contributed by atoms with Crippen LogP contribution in [0.15, 0.2) is 36.1 Å². The van der Waals surface area contributed by atoms with Crippen molar-refractivity contribution >= 4 is 0 Å². The minimum Gasteiger partial charge on any atom is -1.00 e. The van der Waals surface area contributed by atoms with Gasteiger partial charge in [-0.25, -0.2) is 0 Å². The van der Waals surface area contributed by atoms with Gasteiger partial charge in [0.2, 0.25) is 6.20 Å². The smallest absolute Gasteiger partial charge is 0.241 e. The number of nitro groups is 1. The highest BCUT2D eigenvalue weighted by atomic mass is 19.0. The highest BCUT2D eigenvalue weighted by Gasteiger charge is 1.95. The Bertz CT molecular complexity index is 204. The molecule has 0 radical (unpaired) electrons. The third-order valence-corrected chi connectivity index (χ3v) is 0.943. The molecule has 0 aliphatic heterocycles. The Balaban J connectivity index is 0.000000810. The molecule has 0 spiro atoms. The normalized spacial score (nSPS) is 13.0. The van der Waals surface area contributed by atoms with E-state index in [0.717, 1.165) is 6.20 Å². The summed E-state index contributed by atoms with van der Waals surface area (Å²) in [7, 11) is 0. The Morgan fingerprint density at radius 1 is 1.40 bits per heavy atom. The van der Waals surface area contributed by atoms with Crippen LogP contribution in [0.2, 0.25) is 0 Å². The second kappa shape index (κ2) is 3.55. The van der Waals surface area contributed by atoms with Gasteiger partial charge in [0.05, 0.1) is 4.92 Å². The lowest BCUT2D eigenvalue weighted by atomic mass is 10.3. The molecule has 0 fully saturated rings. The molecule has 0 aromatic rings. The van der Waals surface area contributed by atoms with E-state index in [4.69, 9.17) is 0 Å². The summed E-state index contributed by atoms with van der Waals surface area (Å²) in [5.74, 6) is 0. The Labute approximate surface area is 56.9 Å². The first kappa shape index (κ1) is 8.55. The van der Waals surface area contributed by atoms with Crippen LogP contribution in [0.25, 0.3) is 0 Å². The van der Waals surface area contributed by atoms with Crippen molar-refractivity contribution in [2.24, 2.45) is 0 Å². The van der Waals surface area contributed by atoms with Crippen molar-refractivity contribution in [1.29, 1.82) is 0 Å². The van der Waals surface area contributed by atoms with Crippen LogP contribution in [0.1, 0.15) is 0 Å². The Morgan fingerprint density at radius 3 is 2.30 bits per heavy atom. The Hall–Kier alpha value is -1.45. The van der Waals surface area contributed by atoms with Gasteiger partial charge in [-0.2, -0.15) is 0 Å². The van der Waals surface area contributed by atoms with Gasteiger partial charge in [0.1, 0.15) is 0 Å². The number of hydrogen-bond acceptors (Lipinski definition) is 2. The average molecular weight is 142 g/mol. The maximum absolute atomic E-state index is 9.82. The number of hydrogen-bond donors (Lipinski definition) is 0. The largest absolute Gasteiger partial charge is 1.00 e. The molecule has 1 aliphatic carbocycles. The van der Waals surface area contributed by atoms with Crippen LogP contribution in [0.5, 0.6) is 0 Å². The lowest BCUT2D eigenvalue weighted by Crippen LogP contribution is -3.00. The van der Waals surface area contributed by atoms with Crippen LogP contribution in [-0.2, 0) is 0 Å². The Kier molecular flexibility index (Phi) is 3.04. The number of rotatable bonds is 1. The summed E-state index contributed by atoms with van der Waals surface area (Å²) in [5.41, 5.74) is 0.639. The van der Waals surface area contributed by atoms with E-state index in [0.29, 0.717) is 5.57 Å². The molecule has 0 heterocycles. The molecule has 0 saturated carbocycles. The number of nitrogens with zero attached hydrogens (tertiary/aromatic N) is 1. The van der Waals surface area contributed by atoms with Crippen molar-refractivity contribution < 1.29 is 9.63 Å². The van der Waals surface area contributed by atoms with Crippen molar-refractivity contribution in [2.75, 3.05) is 0 Å².